The van der Waals surface area contributed by atoms with Crippen LogP contribution in [0.1, 0.15) is 33.6 Å². The van der Waals surface area contributed by atoms with Gasteiger partial charge in [-0.2, -0.15) is 0 Å². The molecule has 0 saturated heterocycles. The van der Waals surface area contributed by atoms with E-state index in [-0.39, 0.29) is 11.9 Å². The van der Waals surface area contributed by atoms with E-state index in [2.05, 4.69) is 11.7 Å². The van der Waals surface area contributed by atoms with E-state index in [4.69, 9.17) is 31.3 Å². The Morgan fingerprint density at radius 3 is 2.20 bits per heavy atom. The number of nitrogens with two attached hydrogens (primary N) is 2. The minimum atomic E-state index is -0.00774. The molecule has 0 aliphatic heterocycles. The van der Waals surface area contributed by atoms with Crippen LogP contribution in [0.3, 0.4) is 0 Å². The molecule has 20 heavy (non-hydrogen) atoms. The van der Waals surface area contributed by atoms with Crippen LogP contribution in [0.4, 0.5) is 0 Å². The first-order valence-corrected chi connectivity index (χ1v) is 6.60. The molecule has 0 amide bonds. The number of ether oxygens (including phenoxy) is 2. The maximum atomic E-state index is 8.27. The number of amidine groups is 1. The van der Waals surface area contributed by atoms with Gasteiger partial charge in [-0.1, -0.05) is 25.6 Å². The summed E-state index contributed by atoms with van der Waals surface area (Å²) in [7, 11) is 1.00. The molecule has 0 aliphatic carbocycles. The van der Waals surface area contributed by atoms with E-state index < -0.39 is 0 Å². The van der Waals surface area contributed by atoms with Gasteiger partial charge in [-0.3, -0.25) is 0 Å². The van der Waals surface area contributed by atoms with Crippen LogP contribution in [-0.2, 0) is 9.47 Å². The molecule has 0 aromatic rings. The monoisotopic (exact) mass is 293 g/mol. The molecule has 0 saturated carbocycles. The third-order valence-corrected chi connectivity index (χ3v) is 1.81. The molecule has 0 aromatic heterocycles. The molecule has 0 radical (unpaired) electrons. The van der Waals surface area contributed by atoms with Gasteiger partial charge in [-0.15, -0.1) is 0 Å². The summed E-state index contributed by atoms with van der Waals surface area (Å²) in [5, 5.41) is 18.1. The summed E-state index contributed by atoms with van der Waals surface area (Å²) < 4.78 is 10.7. The van der Waals surface area contributed by atoms with Crippen LogP contribution in [0.5, 0.6) is 0 Å². The second-order valence-electron chi connectivity index (χ2n) is 3.51. The van der Waals surface area contributed by atoms with E-state index in [9.17, 15) is 0 Å². The number of aliphatic hydroxyl groups is 1. The summed E-state index contributed by atoms with van der Waals surface area (Å²) in [5.41, 5.74) is 11.3. The van der Waals surface area contributed by atoms with E-state index in [1.54, 1.807) is 0 Å². The molecule has 0 fully saturated rings. The Labute approximate surface area is 122 Å². The summed E-state index contributed by atoms with van der Waals surface area (Å²) in [6.45, 7) is 10.9. The fourth-order valence-corrected chi connectivity index (χ4v) is 0.915. The van der Waals surface area contributed by atoms with Crippen molar-refractivity contribution >= 4 is 5.84 Å². The number of hydrogen-bond donors (Lipinski definition) is 4. The van der Waals surface area contributed by atoms with Gasteiger partial charge < -0.3 is 31.3 Å². The average molecular weight is 293 g/mol. The van der Waals surface area contributed by atoms with Gasteiger partial charge in [0.2, 0.25) is 0 Å². The van der Waals surface area contributed by atoms with Gasteiger partial charge in [0.15, 0.2) is 0 Å². The predicted molar refractivity (Wildman–Crippen MR) is 81.7 cm³/mol. The maximum Gasteiger partial charge on any atom is 0.141 e. The molecule has 7 nitrogen and oxygen atoms in total. The third-order valence-electron chi connectivity index (χ3n) is 1.81. The fourth-order valence-electron chi connectivity index (χ4n) is 0.915. The largest absolute Gasteiger partial charge is 0.409 e. The zero-order valence-electron chi connectivity index (χ0n) is 13.1. The van der Waals surface area contributed by atoms with E-state index in [1.165, 1.54) is 0 Å². The van der Waals surface area contributed by atoms with E-state index in [0.29, 0.717) is 38.4 Å². The third kappa shape index (κ3) is 21.9. The number of nitrogens with zero attached hydrogens (tertiary/aromatic N) is 1. The van der Waals surface area contributed by atoms with Gasteiger partial charge in [0.05, 0.1) is 25.9 Å². The maximum absolute atomic E-state index is 8.27. The highest BCUT2D eigenvalue weighted by atomic mass is 16.5. The SMILES string of the molecule is C=C(N)CCOC(C)COCC/C(N)=N\O.CC.CO. The molecule has 0 rings (SSSR count). The van der Waals surface area contributed by atoms with Gasteiger partial charge in [0.1, 0.15) is 5.84 Å². The number of hydrogen-bond acceptors (Lipinski definition) is 6. The first-order chi connectivity index (χ1) is 9.56. The molecule has 0 aromatic carbocycles. The molecular formula is C13H31N3O4. The standard InChI is InChI=1S/C10H21N3O3.C2H6.CH4O/c1-8(11)3-6-16-9(2)7-15-5-4-10(12)13-14;2*1-2/h9,14H,1,3-7,11H2,2H3,(H2,12,13);1-2H3;2H,1H3. The first kappa shape index (κ1) is 23.8. The lowest BCUT2D eigenvalue weighted by Gasteiger charge is -2.13. The van der Waals surface area contributed by atoms with Crippen molar-refractivity contribution in [3.05, 3.63) is 12.3 Å². The lowest BCUT2D eigenvalue weighted by Crippen LogP contribution is -2.20. The van der Waals surface area contributed by atoms with Crippen molar-refractivity contribution in [3.8, 4) is 0 Å². The fraction of sp³-hybridized carbons (Fsp3) is 0.769. The molecule has 0 bridgehead atoms. The van der Waals surface area contributed by atoms with Crippen molar-refractivity contribution in [1.82, 2.24) is 0 Å². The second-order valence-corrected chi connectivity index (χ2v) is 3.51. The highest BCUT2D eigenvalue weighted by molar-refractivity contribution is 5.79. The molecule has 0 heterocycles. The van der Waals surface area contributed by atoms with Gasteiger partial charge >= 0.3 is 0 Å². The van der Waals surface area contributed by atoms with Crippen molar-refractivity contribution in [1.29, 1.82) is 0 Å². The van der Waals surface area contributed by atoms with Crippen molar-refractivity contribution in [3.63, 3.8) is 0 Å². The molecule has 6 N–H and O–H groups in total. The van der Waals surface area contributed by atoms with Crippen LogP contribution in [0, 0.1) is 0 Å². The molecule has 1 atom stereocenters. The van der Waals surface area contributed by atoms with E-state index in [0.717, 1.165) is 7.11 Å². The molecular weight excluding hydrogens is 262 g/mol. The van der Waals surface area contributed by atoms with Crippen molar-refractivity contribution in [2.75, 3.05) is 26.9 Å². The Kier molecular flexibility index (Phi) is 23.8. The predicted octanol–water partition coefficient (Wildman–Crippen LogP) is 1.04. The summed E-state index contributed by atoms with van der Waals surface area (Å²) in [6.07, 6.45) is 1.05. The highest BCUT2D eigenvalue weighted by Gasteiger charge is 2.02. The molecule has 122 valence electrons. The molecule has 0 spiro atoms. The smallest absolute Gasteiger partial charge is 0.141 e. The van der Waals surface area contributed by atoms with Gasteiger partial charge in [-0.05, 0) is 6.92 Å². The van der Waals surface area contributed by atoms with Gasteiger partial charge in [0, 0.05) is 25.6 Å². The summed E-state index contributed by atoms with van der Waals surface area (Å²) in [5.74, 6) is 0.160. The highest BCUT2D eigenvalue weighted by Crippen LogP contribution is 1.97. The number of aliphatic hydroxyl groups excluding tert-OH is 1. The van der Waals surface area contributed by atoms with Crippen LogP contribution in [-0.4, -0.2) is 49.2 Å². The van der Waals surface area contributed by atoms with Gasteiger partial charge in [0.25, 0.3) is 0 Å². The van der Waals surface area contributed by atoms with Crippen molar-refractivity contribution in [2.45, 2.75) is 39.7 Å². The summed E-state index contributed by atoms with van der Waals surface area (Å²) in [6, 6.07) is 0. The Morgan fingerprint density at radius 2 is 1.75 bits per heavy atom. The van der Waals surface area contributed by atoms with E-state index in [1.807, 2.05) is 20.8 Å². The summed E-state index contributed by atoms with van der Waals surface area (Å²) >= 11 is 0. The second kappa shape index (κ2) is 20.0. The quantitative estimate of drug-likeness (QED) is 0.166. The first-order valence-electron chi connectivity index (χ1n) is 6.60. The van der Waals surface area contributed by atoms with Crippen LogP contribution in [0.2, 0.25) is 0 Å². The lowest BCUT2D eigenvalue weighted by molar-refractivity contribution is -0.00381. The van der Waals surface area contributed by atoms with Crippen LogP contribution >= 0.6 is 0 Å². The van der Waals surface area contributed by atoms with E-state index >= 15 is 0 Å². The Hall–Kier alpha value is -1.31. The minimum Gasteiger partial charge on any atom is -0.409 e. The van der Waals surface area contributed by atoms with Gasteiger partial charge in [-0.25, -0.2) is 0 Å². The minimum absolute atomic E-state index is 0.00774. The zero-order valence-corrected chi connectivity index (χ0v) is 13.1. The summed E-state index contributed by atoms with van der Waals surface area (Å²) in [4.78, 5) is 0. The Balaban J connectivity index is -0.000000656. The topological polar surface area (TPSA) is 123 Å². The van der Waals surface area contributed by atoms with Crippen LogP contribution < -0.4 is 11.5 Å². The zero-order chi connectivity index (χ0) is 16.4. The Bertz CT molecular complexity index is 236. The number of rotatable bonds is 9. The Morgan fingerprint density at radius 1 is 1.20 bits per heavy atom. The number of oxime groups is 1. The molecule has 7 heteroatoms. The normalized spacial score (nSPS) is 11.6. The lowest BCUT2D eigenvalue weighted by atomic mass is 10.3. The van der Waals surface area contributed by atoms with Crippen LogP contribution in [0.25, 0.3) is 0 Å². The van der Waals surface area contributed by atoms with Crippen LogP contribution in [0.15, 0.2) is 17.4 Å². The molecule has 0 aliphatic rings. The van der Waals surface area contributed by atoms with Crippen molar-refractivity contribution < 1.29 is 19.8 Å². The average Bonchev–Trinajstić information content (AvgIpc) is 2.47. The molecule has 1 unspecified atom stereocenters. The van der Waals surface area contributed by atoms with Crippen molar-refractivity contribution in [2.24, 2.45) is 16.6 Å².